The molecule has 0 atom stereocenters. The molecule has 8 nitrogen and oxygen atoms in total. The second-order valence-electron chi connectivity index (χ2n) is 7.38. The van der Waals surface area contributed by atoms with Crippen molar-refractivity contribution in [1.29, 1.82) is 0 Å². The first-order valence-corrected chi connectivity index (χ1v) is 12.3. The van der Waals surface area contributed by atoms with Crippen LogP contribution in [0.4, 0.5) is 0 Å². The Hall–Kier alpha value is -3.63. The number of amides is 1. The number of nitrogens with one attached hydrogen (secondary N) is 1. The number of fused-ring (bicyclic) bond motifs is 1. The van der Waals surface area contributed by atoms with E-state index in [1.807, 2.05) is 72.2 Å². The van der Waals surface area contributed by atoms with Crippen molar-refractivity contribution < 1.29 is 13.9 Å². The van der Waals surface area contributed by atoms with Crippen molar-refractivity contribution in [1.82, 2.24) is 25.1 Å². The van der Waals surface area contributed by atoms with Gasteiger partial charge in [0.1, 0.15) is 17.3 Å². The molecular weight excluding hydrogens is 470 g/mol. The zero-order chi connectivity index (χ0) is 23.5. The Balaban J connectivity index is 1.18. The maximum atomic E-state index is 12.5. The summed E-state index contributed by atoms with van der Waals surface area (Å²) in [6.45, 7) is 2.18. The van der Waals surface area contributed by atoms with Gasteiger partial charge in [-0.3, -0.25) is 9.36 Å². The molecule has 0 aliphatic carbocycles. The van der Waals surface area contributed by atoms with Crippen LogP contribution in [0.1, 0.15) is 11.6 Å². The van der Waals surface area contributed by atoms with E-state index in [0.717, 1.165) is 32.5 Å². The van der Waals surface area contributed by atoms with Crippen molar-refractivity contribution in [2.24, 2.45) is 0 Å². The molecule has 1 N–H and O–H groups in total. The van der Waals surface area contributed by atoms with Gasteiger partial charge in [0.2, 0.25) is 5.91 Å². The quantitative estimate of drug-likeness (QED) is 0.310. The predicted octanol–water partition coefficient (Wildman–Crippen LogP) is 4.86. The predicted molar refractivity (Wildman–Crippen MR) is 133 cm³/mol. The standard InChI is InChI=1S/C24H21N5O3S2/c1-15-27-28-24(29(15)16-7-9-17(31-2)10-8-16)33-14-22(30)25-13-18-11-12-20(32-18)23-26-19-5-3-4-6-21(19)34-23/h3-12H,13-14H2,1-2H3,(H,25,30). The number of carbonyl (C=O) groups is 1. The average Bonchev–Trinajstić information content (AvgIpc) is 3.59. The summed E-state index contributed by atoms with van der Waals surface area (Å²) in [7, 11) is 1.63. The molecule has 172 valence electrons. The number of benzene rings is 2. The number of aromatic nitrogens is 4. The van der Waals surface area contributed by atoms with Crippen LogP contribution in [0.2, 0.25) is 0 Å². The van der Waals surface area contributed by atoms with Gasteiger partial charge in [0.15, 0.2) is 15.9 Å². The van der Waals surface area contributed by atoms with Crippen LogP contribution in [-0.4, -0.2) is 38.5 Å². The molecule has 0 saturated carbocycles. The largest absolute Gasteiger partial charge is 0.497 e. The highest BCUT2D eigenvalue weighted by atomic mass is 32.2. The van der Waals surface area contributed by atoms with Gasteiger partial charge in [-0.1, -0.05) is 23.9 Å². The number of nitrogens with zero attached hydrogens (tertiary/aromatic N) is 4. The monoisotopic (exact) mass is 491 g/mol. The summed E-state index contributed by atoms with van der Waals surface area (Å²) in [5.41, 5.74) is 1.85. The third-order valence-electron chi connectivity index (χ3n) is 5.08. The Labute approximate surface area is 204 Å². The van der Waals surface area contributed by atoms with Gasteiger partial charge in [-0.25, -0.2) is 4.98 Å². The highest BCUT2D eigenvalue weighted by Crippen LogP contribution is 2.31. The van der Waals surface area contributed by atoms with E-state index in [-0.39, 0.29) is 11.7 Å². The molecule has 2 aromatic carbocycles. The van der Waals surface area contributed by atoms with E-state index in [4.69, 9.17) is 9.15 Å². The lowest BCUT2D eigenvalue weighted by Crippen LogP contribution is -2.24. The van der Waals surface area contributed by atoms with Gasteiger partial charge >= 0.3 is 0 Å². The van der Waals surface area contributed by atoms with Gasteiger partial charge in [0.25, 0.3) is 0 Å². The topological polar surface area (TPSA) is 95.1 Å². The molecule has 5 aromatic rings. The Morgan fingerprint density at radius 1 is 1.12 bits per heavy atom. The first-order valence-electron chi connectivity index (χ1n) is 10.5. The molecule has 5 rings (SSSR count). The van der Waals surface area contributed by atoms with Gasteiger partial charge in [-0.2, -0.15) is 0 Å². The van der Waals surface area contributed by atoms with E-state index < -0.39 is 0 Å². The lowest BCUT2D eigenvalue weighted by molar-refractivity contribution is -0.118. The van der Waals surface area contributed by atoms with Crippen LogP contribution in [0.5, 0.6) is 5.75 Å². The first kappa shape index (κ1) is 22.2. The summed E-state index contributed by atoms with van der Waals surface area (Å²) in [4.78, 5) is 17.1. The molecule has 34 heavy (non-hydrogen) atoms. The zero-order valence-electron chi connectivity index (χ0n) is 18.5. The van der Waals surface area contributed by atoms with E-state index in [1.165, 1.54) is 11.8 Å². The lowest BCUT2D eigenvalue weighted by atomic mass is 10.3. The molecule has 3 aromatic heterocycles. The Bertz CT molecular complexity index is 1410. The van der Waals surface area contributed by atoms with E-state index >= 15 is 0 Å². The number of para-hydroxylation sites is 1. The molecule has 10 heteroatoms. The fourth-order valence-electron chi connectivity index (χ4n) is 3.40. The third-order valence-corrected chi connectivity index (χ3v) is 7.06. The molecule has 0 unspecified atom stereocenters. The Morgan fingerprint density at radius 3 is 2.74 bits per heavy atom. The van der Waals surface area contributed by atoms with Crippen molar-refractivity contribution in [3.8, 4) is 22.2 Å². The maximum absolute atomic E-state index is 12.5. The second kappa shape index (κ2) is 9.70. The fraction of sp³-hybridized carbons (Fsp3) is 0.167. The fourth-order valence-corrected chi connectivity index (χ4v) is 5.15. The number of ether oxygens (including phenoxy) is 1. The minimum absolute atomic E-state index is 0.120. The number of thioether (sulfide) groups is 1. The van der Waals surface area contributed by atoms with Crippen LogP contribution < -0.4 is 10.1 Å². The molecular formula is C24H21N5O3S2. The van der Waals surface area contributed by atoms with Crippen molar-refractivity contribution >= 4 is 39.2 Å². The SMILES string of the molecule is COc1ccc(-n2c(C)nnc2SCC(=O)NCc2ccc(-c3nc4ccccc4s3)o2)cc1. The smallest absolute Gasteiger partial charge is 0.230 e. The van der Waals surface area contributed by atoms with Crippen LogP contribution in [-0.2, 0) is 11.3 Å². The number of methoxy groups -OCH3 is 1. The molecule has 0 bridgehead atoms. The molecule has 0 aliphatic heterocycles. The second-order valence-corrected chi connectivity index (χ2v) is 9.35. The van der Waals surface area contributed by atoms with Gasteiger partial charge < -0.3 is 14.5 Å². The lowest BCUT2D eigenvalue weighted by Gasteiger charge is -2.09. The number of carbonyl (C=O) groups excluding carboxylic acids is 1. The molecule has 0 fully saturated rings. The van der Waals surface area contributed by atoms with Crippen molar-refractivity contribution in [2.75, 3.05) is 12.9 Å². The summed E-state index contributed by atoms with van der Waals surface area (Å²) in [6.07, 6.45) is 0. The number of hydrogen-bond donors (Lipinski definition) is 1. The minimum atomic E-state index is -0.120. The molecule has 0 radical (unpaired) electrons. The highest BCUT2D eigenvalue weighted by Gasteiger charge is 2.15. The van der Waals surface area contributed by atoms with Crippen molar-refractivity contribution in [2.45, 2.75) is 18.6 Å². The van der Waals surface area contributed by atoms with E-state index in [9.17, 15) is 4.79 Å². The van der Waals surface area contributed by atoms with E-state index in [0.29, 0.717) is 23.2 Å². The van der Waals surface area contributed by atoms with Gasteiger partial charge in [0.05, 0.1) is 29.6 Å². The molecule has 1 amide bonds. The normalized spacial score (nSPS) is 11.1. The number of aryl methyl sites for hydroxylation is 1. The third kappa shape index (κ3) is 4.68. The summed E-state index contributed by atoms with van der Waals surface area (Å²) in [5.74, 6) is 2.97. The number of hydrogen-bond acceptors (Lipinski definition) is 8. The highest BCUT2D eigenvalue weighted by molar-refractivity contribution is 7.99. The summed E-state index contributed by atoms with van der Waals surface area (Å²) in [5, 5.41) is 12.7. The first-order chi connectivity index (χ1) is 16.6. The Kier molecular flexibility index (Phi) is 6.33. The van der Waals surface area contributed by atoms with Crippen LogP contribution in [0.15, 0.2) is 70.2 Å². The number of rotatable bonds is 8. The summed E-state index contributed by atoms with van der Waals surface area (Å²) < 4.78 is 14.1. The molecule has 3 heterocycles. The molecule has 0 aliphatic rings. The van der Waals surface area contributed by atoms with E-state index in [2.05, 4.69) is 20.5 Å². The molecule has 0 spiro atoms. The van der Waals surface area contributed by atoms with Gasteiger partial charge in [0, 0.05) is 5.69 Å². The van der Waals surface area contributed by atoms with Crippen molar-refractivity contribution in [3.63, 3.8) is 0 Å². The van der Waals surface area contributed by atoms with Gasteiger partial charge in [-0.15, -0.1) is 21.5 Å². The average molecular weight is 492 g/mol. The van der Waals surface area contributed by atoms with Crippen LogP contribution in [0.3, 0.4) is 0 Å². The van der Waals surface area contributed by atoms with Crippen LogP contribution >= 0.6 is 23.1 Å². The van der Waals surface area contributed by atoms with Crippen molar-refractivity contribution in [3.05, 3.63) is 72.2 Å². The minimum Gasteiger partial charge on any atom is -0.497 e. The Morgan fingerprint density at radius 2 is 1.94 bits per heavy atom. The van der Waals surface area contributed by atoms with E-state index in [1.54, 1.807) is 18.4 Å². The summed E-state index contributed by atoms with van der Waals surface area (Å²) >= 11 is 2.91. The zero-order valence-corrected chi connectivity index (χ0v) is 20.2. The van der Waals surface area contributed by atoms with Crippen LogP contribution in [0.25, 0.3) is 26.7 Å². The molecule has 0 saturated heterocycles. The van der Waals surface area contributed by atoms with Crippen LogP contribution in [0, 0.1) is 6.92 Å². The number of thiazole rings is 1. The van der Waals surface area contributed by atoms with Gasteiger partial charge in [-0.05, 0) is 55.5 Å². The number of furan rings is 1. The summed E-state index contributed by atoms with van der Waals surface area (Å²) in [6, 6.07) is 19.3. The maximum Gasteiger partial charge on any atom is 0.230 e.